The number of carbonyl (C=O) groups excluding carboxylic acids is 1. The minimum Gasteiger partial charge on any atom is -0.322 e. The van der Waals surface area contributed by atoms with E-state index in [0.29, 0.717) is 11.3 Å². The third-order valence-electron chi connectivity index (χ3n) is 5.17. The molecule has 0 heterocycles. The molecule has 1 N–H and O–H groups in total. The van der Waals surface area contributed by atoms with Crippen LogP contribution in [-0.4, -0.2) is 31.7 Å². The average molecular weight is 387 g/mol. The molecule has 0 aliphatic heterocycles. The molecule has 1 fully saturated rings. The Balaban J connectivity index is 1.79. The predicted molar refractivity (Wildman–Crippen MR) is 107 cm³/mol. The fourth-order valence-corrected chi connectivity index (χ4v) is 4.91. The third-order valence-corrected chi connectivity index (χ3v) is 7.08. The maximum absolute atomic E-state index is 13.0. The lowest BCUT2D eigenvalue weighted by Crippen LogP contribution is -2.38. The molecule has 1 saturated carbocycles. The van der Waals surface area contributed by atoms with Crippen molar-refractivity contribution in [3.8, 4) is 0 Å². The second-order valence-corrected chi connectivity index (χ2v) is 9.16. The smallest absolute Gasteiger partial charge is 0.255 e. The SMILES string of the molecule is Cc1ccc(NC(=O)c2cccc(S(=O)(=O)N(C)C3CCCCC3)c2)cc1. The van der Waals surface area contributed by atoms with Gasteiger partial charge in [-0.05, 0) is 50.1 Å². The molecule has 1 aliphatic carbocycles. The van der Waals surface area contributed by atoms with E-state index in [9.17, 15) is 13.2 Å². The van der Waals surface area contributed by atoms with Crippen LogP contribution in [0.1, 0.15) is 48.0 Å². The number of amides is 1. The van der Waals surface area contributed by atoms with E-state index in [1.165, 1.54) is 16.8 Å². The molecule has 1 amide bonds. The second-order valence-electron chi connectivity index (χ2n) is 7.16. The van der Waals surface area contributed by atoms with Gasteiger partial charge in [-0.3, -0.25) is 4.79 Å². The summed E-state index contributed by atoms with van der Waals surface area (Å²) >= 11 is 0. The molecule has 0 radical (unpaired) electrons. The average Bonchev–Trinajstić information content (AvgIpc) is 2.70. The molecule has 1 aliphatic rings. The first-order chi connectivity index (χ1) is 12.9. The number of hydrogen-bond acceptors (Lipinski definition) is 3. The van der Waals surface area contributed by atoms with Crippen molar-refractivity contribution < 1.29 is 13.2 Å². The molecule has 3 rings (SSSR count). The molecule has 144 valence electrons. The lowest BCUT2D eigenvalue weighted by atomic mass is 9.96. The van der Waals surface area contributed by atoms with Gasteiger partial charge in [-0.25, -0.2) is 8.42 Å². The molecule has 0 unspecified atom stereocenters. The maximum Gasteiger partial charge on any atom is 0.255 e. The number of carbonyl (C=O) groups is 1. The molecule has 0 spiro atoms. The number of nitrogens with zero attached hydrogens (tertiary/aromatic N) is 1. The van der Waals surface area contributed by atoms with Crippen LogP contribution in [0.15, 0.2) is 53.4 Å². The summed E-state index contributed by atoms with van der Waals surface area (Å²) in [6, 6.07) is 13.8. The Morgan fingerprint density at radius 2 is 1.70 bits per heavy atom. The number of anilines is 1. The fourth-order valence-electron chi connectivity index (χ4n) is 3.45. The van der Waals surface area contributed by atoms with Crippen molar-refractivity contribution in [2.45, 2.75) is 50.0 Å². The molecule has 27 heavy (non-hydrogen) atoms. The topological polar surface area (TPSA) is 66.5 Å². The van der Waals surface area contributed by atoms with E-state index in [1.807, 2.05) is 31.2 Å². The summed E-state index contributed by atoms with van der Waals surface area (Å²) in [6.45, 7) is 1.97. The first-order valence-corrected chi connectivity index (χ1v) is 10.8. The van der Waals surface area contributed by atoms with Crippen molar-refractivity contribution in [2.75, 3.05) is 12.4 Å². The summed E-state index contributed by atoms with van der Waals surface area (Å²) in [4.78, 5) is 12.7. The van der Waals surface area contributed by atoms with Gasteiger partial charge in [-0.2, -0.15) is 4.31 Å². The molecule has 2 aromatic rings. The normalized spacial score (nSPS) is 15.7. The monoisotopic (exact) mass is 386 g/mol. The van der Waals surface area contributed by atoms with E-state index in [2.05, 4.69) is 5.32 Å². The minimum absolute atomic E-state index is 0.0359. The molecule has 6 heteroatoms. The van der Waals surface area contributed by atoms with Crippen LogP contribution in [0.2, 0.25) is 0 Å². The van der Waals surface area contributed by atoms with Crippen LogP contribution in [0.5, 0.6) is 0 Å². The maximum atomic E-state index is 13.0. The number of sulfonamides is 1. The Kier molecular flexibility index (Phi) is 5.97. The van der Waals surface area contributed by atoms with Crippen molar-refractivity contribution >= 4 is 21.6 Å². The van der Waals surface area contributed by atoms with Crippen molar-refractivity contribution in [3.63, 3.8) is 0 Å². The van der Waals surface area contributed by atoms with Gasteiger partial charge in [0, 0.05) is 24.3 Å². The Morgan fingerprint density at radius 3 is 2.37 bits per heavy atom. The van der Waals surface area contributed by atoms with Gasteiger partial charge in [0.05, 0.1) is 4.90 Å². The number of aryl methyl sites for hydroxylation is 1. The molecule has 0 saturated heterocycles. The zero-order valence-electron chi connectivity index (χ0n) is 15.8. The van der Waals surface area contributed by atoms with E-state index >= 15 is 0 Å². The third kappa shape index (κ3) is 4.57. The van der Waals surface area contributed by atoms with Crippen LogP contribution < -0.4 is 5.32 Å². The molecule has 0 aromatic heterocycles. The zero-order valence-corrected chi connectivity index (χ0v) is 16.6. The van der Waals surface area contributed by atoms with Crippen LogP contribution in [-0.2, 0) is 10.0 Å². The van der Waals surface area contributed by atoms with E-state index in [-0.39, 0.29) is 16.8 Å². The summed E-state index contributed by atoms with van der Waals surface area (Å²) in [5, 5.41) is 2.81. The van der Waals surface area contributed by atoms with E-state index < -0.39 is 10.0 Å². The molecule has 2 aromatic carbocycles. The molecule has 5 nitrogen and oxygen atoms in total. The van der Waals surface area contributed by atoms with Gasteiger partial charge in [0.15, 0.2) is 0 Å². The van der Waals surface area contributed by atoms with Gasteiger partial charge in [0.1, 0.15) is 0 Å². The highest BCUT2D eigenvalue weighted by Crippen LogP contribution is 2.27. The van der Waals surface area contributed by atoms with Crippen molar-refractivity contribution in [1.29, 1.82) is 0 Å². The van der Waals surface area contributed by atoms with Crippen LogP contribution in [0.3, 0.4) is 0 Å². The number of hydrogen-bond donors (Lipinski definition) is 1. The molecule has 0 bridgehead atoms. The van der Waals surface area contributed by atoms with Crippen molar-refractivity contribution in [2.24, 2.45) is 0 Å². The van der Waals surface area contributed by atoms with Crippen LogP contribution >= 0.6 is 0 Å². The van der Waals surface area contributed by atoms with E-state index in [0.717, 1.165) is 31.2 Å². The van der Waals surface area contributed by atoms with E-state index in [4.69, 9.17) is 0 Å². The van der Waals surface area contributed by atoms with Gasteiger partial charge in [0.25, 0.3) is 5.91 Å². The molecule has 0 atom stereocenters. The van der Waals surface area contributed by atoms with Gasteiger partial charge < -0.3 is 5.32 Å². The van der Waals surface area contributed by atoms with Gasteiger partial charge >= 0.3 is 0 Å². The summed E-state index contributed by atoms with van der Waals surface area (Å²) < 4.78 is 27.5. The van der Waals surface area contributed by atoms with Crippen LogP contribution in [0, 0.1) is 6.92 Å². The highest BCUT2D eigenvalue weighted by Gasteiger charge is 2.29. The summed E-state index contributed by atoms with van der Waals surface area (Å²) in [7, 11) is -1.98. The highest BCUT2D eigenvalue weighted by atomic mass is 32.2. The summed E-state index contributed by atoms with van der Waals surface area (Å²) in [5.74, 6) is -0.323. The molecular formula is C21H26N2O3S. The van der Waals surface area contributed by atoms with Crippen molar-refractivity contribution in [3.05, 3.63) is 59.7 Å². The Bertz CT molecular complexity index is 901. The lowest BCUT2D eigenvalue weighted by Gasteiger charge is -2.30. The zero-order chi connectivity index (χ0) is 19.4. The Hall–Kier alpha value is -2.18. The number of benzene rings is 2. The van der Waals surface area contributed by atoms with Gasteiger partial charge in [0.2, 0.25) is 10.0 Å². The predicted octanol–water partition coefficient (Wildman–Crippen LogP) is 4.20. The van der Waals surface area contributed by atoms with Gasteiger partial charge in [-0.15, -0.1) is 0 Å². The van der Waals surface area contributed by atoms with Crippen LogP contribution in [0.25, 0.3) is 0 Å². The standard InChI is InChI=1S/C21H26N2O3S/c1-16-11-13-18(14-12-16)22-21(24)17-7-6-10-20(15-17)27(25,26)23(2)19-8-4-3-5-9-19/h6-7,10-15,19H,3-5,8-9H2,1-2H3,(H,22,24). The largest absolute Gasteiger partial charge is 0.322 e. The molecular weight excluding hydrogens is 360 g/mol. The first kappa shape index (κ1) is 19.6. The minimum atomic E-state index is -3.62. The number of rotatable bonds is 5. The quantitative estimate of drug-likeness (QED) is 0.837. The fraction of sp³-hybridized carbons (Fsp3) is 0.381. The van der Waals surface area contributed by atoms with Crippen LogP contribution in [0.4, 0.5) is 5.69 Å². The summed E-state index contributed by atoms with van der Waals surface area (Å²) in [5.41, 5.74) is 2.11. The van der Waals surface area contributed by atoms with E-state index in [1.54, 1.807) is 25.2 Å². The second kappa shape index (κ2) is 8.23. The Labute approximate surface area is 161 Å². The number of nitrogens with one attached hydrogen (secondary N) is 1. The Morgan fingerprint density at radius 1 is 1.04 bits per heavy atom. The van der Waals surface area contributed by atoms with Gasteiger partial charge in [-0.1, -0.05) is 43.0 Å². The highest BCUT2D eigenvalue weighted by molar-refractivity contribution is 7.89. The lowest BCUT2D eigenvalue weighted by molar-refractivity contribution is 0.102. The van der Waals surface area contributed by atoms with Crippen molar-refractivity contribution in [1.82, 2.24) is 4.31 Å². The summed E-state index contributed by atoms with van der Waals surface area (Å²) in [6.07, 6.45) is 5.07. The first-order valence-electron chi connectivity index (χ1n) is 9.34.